The molecular formula is C9H5Cl2NS2. The van der Waals surface area contributed by atoms with E-state index in [0.29, 0.717) is 10.0 Å². The van der Waals surface area contributed by atoms with Crippen molar-refractivity contribution in [3.05, 3.63) is 40.0 Å². The molecule has 1 aromatic heterocycles. The Labute approximate surface area is 100 Å². The maximum atomic E-state index is 6.04. The summed E-state index contributed by atoms with van der Waals surface area (Å²) in [7, 11) is 0. The molecule has 72 valence electrons. The van der Waals surface area contributed by atoms with Crippen molar-refractivity contribution in [2.24, 2.45) is 0 Å². The zero-order valence-corrected chi connectivity index (χ0v) is 10.1. The molecule has 1 heterocycles. The number of aromatic nitrogens is 1. The molecule has 14 heavy (non-hydrogen) atoms. The van der Waals surface area contributed by atoms with E-state index in [1.54, 1.807) is 34.7 Å². The third-order valence-electron chi connectivity index (χ3n) is 1.54. The fraction of sp³-hybridized carbons (Fsp3) is 0. The van der Waals surface area contributed by atoms with Gasteiger partial charge in [-0.3, -0.25) is 4.98 Å². The summed E-state index contributed by atoms with van der Waals surface area (Å²) >= 11 is 15.1. The Balaban J connectivity index is 2.29. The lowest BCUT2D eigenvalue weighted by Gasteiger charge is -2.02. The van der Waals surface area contributed by atoms with Gasteiger partial charge in [0.25, 0.3) is 0 Å². The van der Waals surface area contributed by atoms with Crippen LogP contribution in [0.2, 0.25) is 10.0 Å². The van der Waals surface area contributed by atoms with Gasteiger partial charge in [0, 0.05) is 4.90 Å². The quantitative estimate of drug-likeness (QED) is 0.784. The number of halogens is 2. The minimum absolute atomic E-state index is 0.584. The largest absolute Gasteiger partial charge is 0.252 e. The molecule has 0 amide bonds. The van der Waals surface area contributed by atoms with E-state index in [2.05, 4.69) is 4.98 Å². The van der Waals surface area contributed by atoms with E-state index in [1.165, 1.54) is 0 Å². The van der Waals surface area contributed by atoms with Gasteiger partial charge in [0.1, 0.15) is 0 Å². The summed E-state index contributed by atoms with van der Waals surface area (Å²) in [6.45, 7) is 0. The van der Waals surface area contributed by atoms with Crippen molar-refractivity contribution < 1.29 is 0 Å². The normalized spacial score (nSPS) is 10.4. The lowest BCUT2D eigenvalue weighted by Crippen LogP contribution is -1.74. The first-order valence-corrected chi connectivity index (χ1v) is 6.23. The Hall–Kier alpha value is -0.220. The third kappa shape index (κ3) is 2.23. The molecule has 0 bridgehead atoms. The van der Waals surface area contributed by atoms with Crippen LogP contribution in [0.5, 0.6) is 0 Å². The Kier molecular flexibility index (Phi) is 3.34. The van der Waals surface area contributed by atoms with E-state index >= 15 is 0 Å². The van der Waals surface area contributed by atoms with Gasteiger partial charge >= 0.3 is 0 Å². The van der Waals surface area contributed by atoms with Crippen LogP contribution in [-0.2, 0) is 0 Å². The lowest BCUT2D eigenvalue weighted by molar-refractivity contribution is 1.37. The number of hydrogen-bond acceptors (Lipinski definition) is 3. The zero-order chi connectivity index (χ0) is 9.97. The molecule has 2 rings (SSSR count). The summed E-state index contributed by atoms with van der Waals surface area (Å²) in [5.74, 6) is 0. The maximum Gasteiger partial charge on any atom is 0.0846 e. The Morgan fingerprint density at radius 2 is 2.14 bits per heavy atom. The minimum Gasteiger partial charge on any atom is -0.252 e. The number of hydrogen-bond donors (Lipinski definition) is 0. The molecule has 0 N–H and O–H groups in total. The van der Waals surface area contributed by atoms with Crippen LogP contribution in [0.1, 0.15) is 0 Å². The van der Waals surface area contributed by atoms with Gasteiger partial charge in [0.05, 0.1) is 26.0 Å². The molecule has 5 heteroatoms. The second kappa shape index (κ2) is 4.53. The molecule has 0 fully saturated rings. The van der Waals surface area contributed by atoms with Gasteiger partial charge in [-0.1, -0.05) is 41.0 Å². The van der Waals surface area contributed by atoms with Crippen LogP contribution >= 0.6 is 46.3 Å². The van der Waals surface area contributed by atoms with Gasteiger partial charge in [-0.05, 0) is 12.1 Å². The highest BCUT2D eigenvalue weighted by Gasteiger charge is 2.06. The second-order valence-corrected chi connectivity index (χ2v) is 5.49. The standard InChI is InChI=1S/C9H5Cl2NS2/c10-6-2-1-3-7(9(6)11)14-8-4-12-5-13-8/h1-5H. The molecule has 1 nitrogen and oxygen atoms in total. The van der Waals surface area contributed by atoms with Crippen LogP contribution in [-0.4, -0.2) is 4.98 Å². The molecule has 0 aliphatic heterocycles. The number of nitrogens with zero attached hydrogens (tertiary/aromatic N) is 1. The highest BCUT2D eigenvalue weighted by Crippen LogP contribution is 2.38. The van der Waals surface area contributed by atoms with E-state index in [1.807, 2.05) is 18.3 Å². The monoisotopic (exact) mass is 261 g/mol. The Morgan fingerprint density at radius 3 is 2.86 bits per heavy atom. The van der Waals surface area contributed by atoms with Crippen molar-refractivity contribution in [2.45, 2.75) is 9.10 Å². The minimum atomic E-state index is 0.584. The van der Waals surface area contributed by atoms with Gasteiger partial charge in [0.2, 0.25) is 0 Å². The molecule has 0 saturated carbocycles. The van der Waals surface area contributed by atoms with Gasteiger partial charge in [0.15, 0.2) is 0 Å². The maximum absolute atomic E-state index is 6.04. The predicted molar refractivity (Wildman–Crippen MR) is 62.7 cm³/mol. The molecule has 0 atom stereocenters. The summed E-state index contributed by atoms with van der Waals surface area (Å²) in [4.78, 5) is 4.95. The summed E-state index contributed by atoms with van der Waals surface area (Å²) in [5, 5.41) is 1.19. The molecule has 0 radical (unpaired) electrons. The fourth-order valence-electron chi connectivity index (χ4n) is 0.926. The van der Waals surface area contributed by atoms with E-state index in [4.69, 9.17) is 23.2 Å². The first-order valence-electron chi connectivity index (χ1n) is 3.78. The second-order valence-electron chi connectivity index (χ2n) is 2.47. The average molecular weight is 262 g/mol. The highest BCUT2D eigenvalue weighted by molar-refractivity contribution is 8.01. The van der Waals surface area contributed by atoms with Crippen molar-refractivity contribution in [1.29, 1.82) is 0 Å². The van der Waals surface area contributed by atoms with Crippen molar-refractivity contribution in [2.75, 3.05) is 0 Å². The van der Waals surface area contributed by atoms with Crippen molar-refractivity contribution >= 4 is 46.3 Å². The first kappa shape index (κ1) is 10.3. The molecule has 0 aliphatic carbocycles. The molecule has 1 aromatic carbocycles. The fourth-order valence-corrected chi connectivity index (χ4v) is 3.01. The number of thiazole rings is 1. The molecule has 0 saturated heterocycles. The van der Waals surface area contributed by atoms with E-state index in [0.717, 1.165) is 9.10 Å². The van der Waals surface area contributed by atoms with Gasteiger partial charge < -0.3 is 0 Å². The molecular weight excluding hydrogens is 257 g/mol. The van der Waals surface area contributed by atoms with Crippen LogP contribution in [0.4, 0.5) is 0 Å². The van der Waals surface area contributed by atoms with Crippen molar-refractivity contribution in [3.8, 4) is 0 Å². The third-order valence-corrected chi connectivity index (χ3v) is 4.44. The average Bonchev–Trinajstić information content (AvgIpc) is 2.66. The first-order chi connectivity index (χ1) is 6.77. The Bertz CT molecular complexity index is 428. The van der Waals surface area contributed by atoms with E-state index in [9.17, 15) is 0 Å². The van der Waals surface area contributed by atoms with Crippen molar-refractivity contribution in [3.63, 3.8) is 0 Å². The number of benzene rings is 1. The van der Waals surface area contributed by atoms with Crippen LogP contribution in [0, 0.1) is 0 Å². The van der Waals surface area contributed by atoms with Gasteiger partial charge in [-0.2, -0.15) is 0 Å². The summed E-state index contributed by atoms with van der Waals surface area (Å²) in [6, 6.07) is 5.61. The van der Waals surface area contributed by atoms with Crippen LogP contribution in [0.15, 0.2) is 39.0 Å². The smallest absolute Gasteiger partial charge is 0.0846 e. The number of rotatable bonds is 2. The summed E-state index contributed by atoms with van der Waals surface area (Å²) in [6.07, 6.45) is 1.81. The van der Waals surface area contributed by atoms with Gasteiger partial charge in [-0.25, -0.2) is 0 Å². The molecule has 2 aromatic rings. The topological polar surface area (TPSA) is 12.9 Å². The molecule has 0 aliphatic rings. The predicted octanol–water partition coefficient (Wildman–Crippen LogP) is 4.60. The summed E-state index contributed by atoms with van der Waals surface area (Å²) in [5.41, 5.74) is 1.79. The Morgan fingerprint density at radius 1 is 1.29 bits per heavy atom. The van der Waals surface area contributed by atoms with Crippen LogP contribution < -0.4 is 0 Å². The molecule has 0 unspecified atom stereocenters. The van der Waals surface area contributed by atoms with Gasteiger partial charge in [-0.15, -0.1) is 11.3 Å². The van der Waals surface area contributed by atoms with Crippen molar-refractivity contribution in [1.82, 2.24) is 4.98 Å². The van der Waals surface area contributed by atoms with E-state index in [-0.39, 0.29) is 0 Å². The zero-order valence-electron chi connectivity index (χ0n) is 6.91. The molecule has 0 spiro atoms. The highest BCUT2D eigenvalue weighted by atomic mass is 35.5. The van der Waals surface area contributed by atoms with Crippen LogP contribution in [0.25, 0.3) is 0 Å². The lowest BCUT2D eigenvalue weighted by atomic mass is 10.4. The van der Waals surface area contributed by atoms with Crippen LogP contribution in [0.3, 0.4) is 0 Å². The van der Waals surface area contributed by atoms with E-state index < -0.39 is 0 Å². The SMILES string of the molecule is Clc1cccc(Sc2cncs2)c1Cl. The summed E-state index contributed by atoms with van der Waals surface area (Å²) < 4.78 is 1.11.